The van der Waals surface area contributed by atoms with E-state index in [4.69, 9.17) is 15.0 Å². The van der Waals surface area contributed by atoms with Gasteiger partial charge in [-0.05, 0) is 97.7 Å². The Labute approximate surface area is 344 Å². The number of benzene rings is 8. The van der Waals surface area contributed by atoms with E-state index in [0.29, 0.717) is 5.82 Å². The van der Waals surface area contributed by atoms with Crippen LogP contribution in [0.5, 0.6) is 0 Å². The number of nitrogens with zero attached hydrogens (tertiary/aromatic N) is 3. The molecule has 0 amide bonds. The summed E-state index contributed by atoms with van der Waals surface area (Å²) in [5, 5.41) is 3.50. The van der Waals surface area contributed by atoms with E-state index < -0.39 is 0 Å². The fraction of sp³-hybridized carbons (Fsp3) is 0.0536. The second kappa shape index (κ2) is 13.9. The molecule has 0 saturated carbocycles. The standard InChI is InChI=1S/C56H39N3/c1-56(2)49-26-12-11-25-45(49)47-32-48-46(33-51(38-18-7-4-8-19-38)57-54(48)34-50(47)56)41-22-14-24-44(31-41)55-58-52(42-23-13-21-40(29-42)36-15-5-3-6-16-36)35-53(59-55)43-28-27-37-17-9-10-20-39(37)30-43/h3-35H,1-2H3. The summed E-state index contributed by atoms with van der Waals surface area (Å²) < 4.78 is 0. The summed E-state index contributed by atoms with van der Waals surface area (Å²) in [6, 6.07) is 71.3. The van der Waals surface area contributed by atoms with Crippen LogP contribution in [0.25, 0.3) is 100 Å². The SMILES string of the molecule is CC1(C)c2ccccc2-c2cc3c(-c4cccc(-c5nc(-c6cccc(-c7ccccc7)c6)cc(-c6ccc7ccccc7c6)n5)c4)cc(-c4ccccc4)nc3cc21. The highest BCUT2D eigenvalue weighted by molar-refractivity contribution is 6.02. The molecular formula is C56H39N3. The van der Waals surface area contributed by atoms with Gasteiger partial charge in [0, 0.05) is 33.1 Å². The average Bonchev–Trinajstić information content (AvgIpc) is 3.53. The van der Waals surface area contributed by atoms with Crippen LogP contribution in [0.2, 0.25) is 0 Å². The third-order valence-electron chi connectivity index (χ3n) is 12.1. The third kappa shape index (κ3) is 6.11. The van der Waals surface area contributed by atoms with Crippen LogP contribution < -0.4 is 0 Å². The first kappa shape index (κ1) is 34.7. The number of hydrogen-bond acceptors (Lipinski definition) is 3. The molecule has 0 unspecified atom stereocenters. The Kier molecular flexibility index (Phi) is 8.16. The molecule has 2 heterocycles. The second-order valence-corrected chi connectivity index (χ2v) is 16.1. The molecule has 59 heavy (non-hydrogen) atoms. The summed E-state index contributed by atoms with van der Waals surface area (Å²) in [5.41, 5.74) is 17.4. The van der Waals surface area contributed by atoms with Gasteiger partial charge in [0.25, 0.3) is 0 Å². The summed E-state index contributed by atoms with van der Waals surface area (Å²) >= 11 is 0. The van der Waals surface area contributed by atoms with Gasteiger partial charge in [0.1, 0.15) is 0 Å². The minimum absolute atomic E-state index is 0.129. The van der Waals surface area contributed by atoms with Crippen molar-refractivity contribution in [3.05, 3.63) is 211 Å². The molecule has 0 bridgehead atoms. The molecule has 3 nitrogen and oxygen atoms in total. The van der Waals surface area contributed by atoms with Crippen molar-refractivity contribution < 1.29 is 0 Å². The Balaban J connectivity index is 1.11. The van der Waals surface area contributed by atoms with Crippen molar-refractivity contribution in [1.82, 2.24) is 15.0 Å². The summed E-state index contributed by atoms with van der Waals surface area (Å²) in [5.74, 6) is 0.677. The van der Waals surface area contributed by atoms with Crippen molar-refractivity contribution in [2.24, 2.45) is 0 Å². The van der Waals surface area contributed by atoms with Crippen molar-refractivity contribution >= 4 is 21.7 Å². The smallest absolute Gasteiger partial charge is 0.160 e. The number of aromatic nitrogens is 3. The van der Waals surface area contributed by atoms with Gasteiger partial charge in [-0.3, -0.25) is 0 Å². The molecule has 11 rings (SSSR count). The number of pyridine rings is 1. The largest absolute Gasteiger partial charge is 0.248 e. The van der Waals surface area contributed by atoms with Crippen LogP contribution in [0.3, 0.4) is 0 Å². The minimum atomic E-state index is -0.129. The van der Waals surface area contributed by atoms with Gasteiger partial charge in [-0.15, -0.1) is 0 Å². The van der Waals surface area contributed by atoms with Gasteiger partial charge >= 0.3 is 0 Å². The monoisotopic (exact) mass is 753 g/mol. The Hall–Kier alpha value is -7.49. The number of rotatable bonds is 6. The zero-order valence-corrected chi connectivity index (χ0v) is 32.9. The topological polar surface area (TPSA) is 38.7 Å². The summed E-state index contributed by atoms with van der Waals surface area (Å²) in [6.07, 6.45) is 0. The summed E-state index contributed by atoms with van der Waals surface area (Å²) in [7, 11) is 0. The van der Waals surface area contributed by atoms with Crippen LogP contribution >= 0.6 is 0 Å². The van der Waals surface area contributed by atoms with Gasteiger partial charge in [0.05, 0.1) is 22.6 Å². The van der Waals surface area contributed by atoms with Crippen LogP contribution in [0, 0.1) is 0 Å². The van der Waals surface area contributed by atoms with Crippen molar-refractivity contribution in [1.29, 1.82) is 0 Å². The maximum Gasteiger partial charge on any atom is 0.160 e. The lowest BCUT2D eigenvalue weighted by molar-refractivity contribution is 0.661. The highest BCUT2D eigenvalue weighted by Gasteiger charge is 2.35. The first-order valence-electron chi connectivity index (χ1n) is 20.3. The lowest BCUT2D eigenvalue weighted by atomic mass is 9.82. The van der Waals surface area contributed by atoms with E-state index in [-0.39, 0.29) is 5.41 Å². The molecule has 0 saturated heterocycles. The van der Waals surface area contributed by atoms with E-state index >= 15 is 0 Å². The van der Waals surface area contributed by atoms with E-state index in [0.717, 1.165) is 66.9 Å². The molecule has 278 valence electrons. The first-order valence-corrected chi connectivity index (χ1v) is 20.3. The Morgan fingerprint density at radius 3 is 1.71 bits per heavy atom. The lowest BCUT2D eigenvalue weighted by Gasteiger charge is -2.22. The van der Waals surface area contributed by atoms with E-state index in [1.807, 2.05) is 0 Å². The molecule has 0 atom stereocenters. The van der Waals surface area contributed by atoms with Crippen LogP contribution in [0.15, 0.2) is 200 Å². The zero-order valence-electron chi connectivity index (χ0n) is 32.9. The second-order valence-electron chi connectivity index (χ2n) is 16.1. The molecule has 0 fully saturated rings. The molecule has 10 aromatic rings. The molecule has 2 aromatic heterocycles. The van der Waals surface area contributed by atoms with Crippen LogP contribution in [0.1, 0.15) is 25.0 Å². The molecule has 0 N–H and O–H groups in total. The van der Waals surface area contributed by atoms with E-state index in [2.05, 4.69) is 214 Å². The highest BCUT2D eigenvalue weighted by atomic mass is 14.9. The third-order valence-corrected chi connectivity index (χ3v) is 12.1. The molecule has 0 aliphatic heterocycles. The maximum absolute atomic E-state index is 5.33. The normalized spacial score (nSPS) is 12.7. The molecule has 8 aromatic carbocycles. The predicted octanol–water partition coefficient (Wildman–Crippen LogP) is 14.5. The molecule has 0 radical (unpaired) electrons. The zero-order chi connectivity index (χ0) is 39.5. The fourth-order valence-electron chi connectivity index (χ4n) is 8.95. The highest BCUT2D eigenvalue weighted by Crippen LogP contribution is 2.50. The summed E-state index contributed by atoms with van der Waals surface area (Å²) in [6.45, 7) is 4.65. The van der Waals surface area contributed by atoms with E-state index in [1.165, 1.54) is 38.6 Å². The first-order chi connectivity index (χ1) is 29.0. The molecule has 0 spiro atoms. The van der Waals surface area contributed by atoms with Gasteiger partial charge in [0.2, 0.25) is 0 Å². The fourth-order valence-corrected chi connectivity index (χ4v) is 8.95. The Morgan fingerprint density at radius 1 is 0.322 bits per heavy atom. The molecule has 1 aliphatic carbocycles. The van der Waals surface area contributed by atoms with Crippen LogP contribution in [-0.4, -0.2) is 15.0 Å². The van der Waals surface area contributed by atoms with E-state index in [1.54, 1.807) is 0 Å². The Bertz CT molecular complexity index is 3240. The predicted molar refractivity (Wildman–Crippen MR) is 245 cm³/mol. The number of hydrogen-bond donors (Lipinski definition) is 0. The quantitative estimate of drug-likeness (QED) is 0.170. The van der Waals surface area contributed by atoms with Crippen molar-refractivity contribution in [2.45, 2.75) is 19.3 Å². The van der Waals surface area contributed by atoms with Crippen LogP contribution in [0.4, 0.5) is 0 Å². The maximum atomic E-state index is 5.33. The van der Waals surface area contributed by atoms with E-state index in [9.17, 15) is 0 Å². The summed E-state index contributed by atoms with van der Waals surface area (Å²) in [4.78, 5) is 16.0. The van der Waals surface area contributed by atoms with Crippen molar-refractivity contribution in [3.8, 4) is 78.5 Å². The van der Waals surface area contributed by atoms with Gasteiger partial charge in [-0.1, -0.05) is 172 Å². The van der Waals surface area contributed by atoms with Gasteiger partial charge in [-0.25, -0.2) is 15.0 Å². The van der Waals surface area contributed by atoms with Gasteiger partial charge in [0.15, 0.2) is 5.82 Å². The van der Waals surface area contributed by atoms with Crippen molar-refractivity contribution in [2.75, 3.05) is 0 Å². The van der Waals surface area contributed by atoms with Gasteiger partial charge < -0.3 is 0 Å². The molecule has 1 aliphatic rings. The number of fused-ring (bicyclic) bond motifs is 5. The average molecular weight is 754 g/mol. The molecular weight excluding hydrogens is 715 g/mol. The lowest BCUT2D eigenvalue weighted by Crippen LogP contribution is -2.14. The molecule has 3 heteroatoms. The van der Waals surface area contributed by atoms with Crippen LogP contribution in [-0.2, 0) is 5.41 Å². The van der Waals surface area contributed by atoms with Crippen molar-refractivity contribution in [3.63, 3.8) is 0 Å². The Morgan fingerprint density at radius 2 is 0.915 bits per heavy atom. The van der Waals surface area contributed by atoms with Gasteiger partial charge in [-0.2, -0.15) is 0 Å². The minimum Gasteiger partial charge on any atom is -0.248 e.